The fourth-order valence-electron chi connectivity index (χ4n) is 4.39. The number of alkyl halides is 2. The van der Waals surface area contributed by atoms with Gasteiger partial charge in [0.25, 0.3) is 18.2 Å². The summed E-state index contributed by atoms with van der Waals surface area (Å²) in [4.78, 5) is 32.1. The molecule has 1 saturated heterocycles. The van der Waals surface area contributed by atoms with Crippen molar-refractivity contribution in [1.29, 1.82) is 0 Å². The number of piperidine rings is 1. The molecule has 4 aromatic rings. The number of aromatic nitrogens is 3. The first-order chi connectivity index (χ1) is 17.9. The van der Waals surface area contributed by atoms with Gasteiger partial charge >= 0.3 is 0 Å². The van der Waals surface area contributed by atoms with Gasteiger partial charge in [-0.05, 0) is 73.9 Å². The Balaban J connectivity index is 1.41. The lowest BCUT2D eigenvalue weighted by Crippen LogP contribution is -2.35. The molecule has 0 unspecified atom stereocenters. The van der Waals surface area contributed by atoms with Crippen LogP contribution in [0.4, 0.5) is 14.5 Å². The summed E-state index contributed by atoms with van der Waals surface area (Å²) < 4.78 is 33.9. The maximum Gasteiger partial charge on any atom is 0.280 e. The van der Waals surface area contributed by atoms with E-state index < -0.39 is 12.3 Å². The standard InChI is InChI=1S/C27H25F2N5O3/c1-37-20-11-7-17(8-12-20)22-15-23(24(28)29)34-25(32-22)21(16-30-34)26(35)31-19-9-5-18(6-10-19)27(36)33-13-3-2-4-14-33/h5-12,15-16,24H,2-4,13-14H2,1H3,(H,31,35). The smallest absolute Gasteiger partial charge is 0.280 e. The molecule has 0 atom stereocenters. The van der Waals surface area contributed by atoms with Gasteiger partial charge in [-0.25, -0.2) is 18.3 Å². The molecular weight excluding hydrogens is 480 g/mol. The number of fused-ring (bicyclic) bond motifs is 1. The van der Waals surface area contributed by atoms with Gasteiger partial charge in [-0.1, -0.05) is 0 Å². The molecule has 190 valence electrons. The van der Waals surface area contributed by atoms with Crippen molar-refractivity contribution in [3.63, 3.8) is 0 Å². The number of hydrogen-bond donors (Lipinski definition) is 1. The van der Waals surface area contributed by atoms with Crippen LogP contribution in [0.15, 0.2) is 60.8 Å². The summed E-state index contributed by atoms with van der Waals surface area (Å²) >= 11 is 0. The molecule has 0 saturated carbocycles. The number of benzene rings is 2. The van der Waals surface area contributed by atoms with E-state index >= 15 is 0 Å². The van der Waals surface area contributed by atoms with Crippen molar-refractivity contribution in [3.8, 4) is 17.0 Å². The average molecular weight is 506 g/mol. The molecule has 37 heavy (non-hydrogen) atoms. The summed E-state index contributed by atoms with van der Waals surface area (Å²) in [6, 6.07) is 14.7. The minimum Gasteiger partial charge on any atom is -0.497 e. The normalized spacial score (nSPS) is 13.7. The van der Waals surface area contributed by atoms with Crippen molar-refractivity contribution in [2.45, 2.75) is 25.7 Å². The van der Waals surface area contributed by atoms with Crippen molar-refractivity contribution in [2.24, 2.45) is 0 Å². The van der Waals surface area contributed by atoms with E-state index in [-0.39, 0.29) is 28.5 Å². The van der Waals surface area contributed by atoms with E-state index in [1.807, 2.05) is 4.90 Å². The van der Waals surface area contributed by atoms with Crippen LogP contribution in [0.3, 0.4) is 0 Å². The van der Waals surface area contributed by atoms with Crippen LogP contribution < -0.4 is 10.1 Å². The Kier molecular flexibility index (Phi) is 6.80. The minimum absolute atomic E-state index is 0.0121. The number of likely N-dealkylation sites (tertiary alicyclic amines) is 1. The molecule has 0 radical (unpaired) electrons. The fraction of sp³-hybridized carbons (Fsp3) is 0.259. The number of amides is 2. The van der Waals surface area contributed by atoms with Crippen LogP contribution in [0.1, 0.15) is 52.1 Å². The average Bonchev–Trinajstić information content (AvgIpc) is 3.37. The number of anilines is 1. The van der Waals surface area contributed by atoms with Gasteiger partial charge in [0.15, 0.2) is 5.65 Å². The largest absolute Gasteiger partial charge is 0.497 e. The van der Waals surface area contributed by atoms with Gasteiger partial charge in [0, 0.05) is 29.9 Å². The molecule has 2 aromatic heterocycles. The number of carbonyl (C=O) groups is 2. The van der Waals surface area contributed by atoms with Crippen LogP contribution in [-0.2, 0) is 0 Å². The first kappa shape index (κ1) is 24.4. The number of halogens is 2. The van der Waals surface area contributed by atoms with E-state index in [9.17, 15) is 18.4 Å². The van der Waals surface area contributed by atoms with Crippen LogP contribution >= 0.6 is 0 Å². The second-order valence-corrected chi connectivity index (χ2v) is 8.77. The number of carbonyl (C=O) groups excluding carboxylic acids is 2. The predicted molar refractivity (Wildman–Crippen MR) is 134 cm³/mol. The lowest BCUT2D eigenvalue weighted by molar-refractivity contribution is 0.0724. The third kappa shape index (κ3) is 5.00. The van der Waals surface area contributed by atoms with Gasteiger partial charge in [-0.3, -0.25) is 9.59 Å². The summed E-state index contributed by atoms with van der Waals surface area (Å²) in [5.41, 5.74) is 1.55. The second-order valence-electron chi connectivity index (χ2n) is 8.77. The van der Waals surface area contributed by atoms with Crippen molar-refractivity contribution in [3.05, 3.63) is 77.6 Å². The third-order valence-corrected chi connectivity index (χ3v) is 6.39. The number of rotatable bonds is 6. The minimum atomic E-state index is -2.83. The highest BCUT2D eigenvalue weighted by atomic mass is 19.3. The Morgan fingerprint density at radius 2 is 1.70 bits per heavy atom. The van der Waals surface area contributed by atoms with Gasteiger partial charge in [0.05, 0.1) is 19.0 Å². The molecule has 1 N–H and O–H groups in total. The highest BCUT2D eigenvalue weighted by molar-refractivity contribution is 6.08. The molecule has 5 rings (SSSR count). The van der Waals surface area contributed by atoms with Crippen LogP contribution in [-0.4, -0.2) is 51.5 Å². The number of nitrogens with zero attached hydrogens (tertiary/aromatic N) is 4. The quantitative estimate of drug-likeness (QED) is 0.388. The van der Waals surface area contributed by atoms with Gasteiger partial charge in [-0.15, -0.1) is 0 Å². The summed E-state index contributed by atoms with van der Waals surface area (Å²) in [5, 5.41) is 6.74. The zero-order valence-electron chi connectivity index (χ0n) is 20.2. The zero-order valence-corrected chi connectivity index (χ0v) is 20.2. The van der Waals surface area contributed by atoms with E-state index in [4.69, 9.17) is 4.74 Å². The molecular formula is C27H25F2N5O3. The van der Waals surface area contributed by atoms with Gasteiger partial charge < -0.3 is 15.0 Å². The van der Waals surface area contributed by atoms with E-state index in [0.29, 0.717) is 22.6 Å². The first-order valence-electron chi connectivity index (χ1n) is 12.0. The number of hydrogen-bond acceptors (Lipinski definition) is 5. The van der Waals surface area contributed by atoms with Crippen LogP contribution in [0.25, 0.3) is 16.9 Å². The Bertz CT molecular complexity index is 1430. The molecule has 8 nitrogen and oxygen atoms in total. The van der Waals surface area contributed by atoms with Gasteiger partial charge in [0.2, 0.25) is 0 Å². The molecule has 0 bridgehead atoms. The van der Waals surface area contributed by atoms with Gasteiger partial charge in [-0.2, -0.15) is 5.10 Å². The first-order valence-corrected chi connectivity index (χ1v) is 12.0. The van der Waals surface area contributed by atoms with Crippen molar-refractivity contribution >= 4 is 23.1 Å². The lowest BCUT2D eigenvalue weighted by atomic mass is 10.1. The molecule has 10 heteroatoms. The monoisotopic (exact) mass is 505 g/mol. The molecule has 0 aliphatic carbocycles. The van der Waals surface area contributed by atoms with Crippen LogP contribution in [0, 0.1) is 0 Å². The SMILES string of the molecule is COc1ccc(-c2cc(C(F)F)n3ncc(C(=O)Nc4ccc(C(=O)N5CCCCC5)cc4)c3n2)cc1. The molecule has 3 heterocycles. The maximum atomic E-state index is 13.9. The van der Waals surface area contributed by atoms with E-state index in [0.717, 1.165) is 36.9 Å². The van der Waals surface area contributed by atoms with Crippen molar-refractivity contribution in [1.82, 2.24) is 19.5 Å². The zero-order chi connectivity index (χ0) is 25.9. The fourth-order valence-corrected chi connectivity index (χ4v) is 4.39. The van der Waals surface area contributed by atoms with Crippen LogP contribution in [0.5, 0.6) is 5.75 Å². The Morgan fingerprint density at radius 3 is 2.35 bits per heavy atom. The molecule has 2 aromatic carbocycles. The summed E-state index contributed by atoms with van der Waals surface area (Å²) in [5.74, 6) is 0.0340. The highest BCUT2D eigenvalue weighted by Crippen LogP contribution is 2.28. The molecule has 2 amide bonds. The van der Waals surface area contributed by atoms with Crippen LogP contribution in [0.2, 0.25) is 0 Å². The lowest BCUT2D eigenvalue weighted by Gasteiger charge is -2.26. The summed E-state index contributed by atoms with van der Waals surface area (Å²) in [6.07, 6.45) is 1.52. The molecule has 1 fully saturated rings. The Hall–Kier alpha value is -4.34. The summed E-state index contributed by atoms with van der Waals surface area (Å²) in [7, 11) is 1.53. The predicted octanol–water partition coefficient (Wildman–Crippen LogP) is 5.22. The molecule has 1 aliphatic rings. The Labute approximate surface area is 211 Å². The number of nitrogens with one attached hydrogen (secondary N) is 1. The molecule has 0 spiro atoms. The Morgan fingerprint density at radius 1 is 1.00 bits per heavy atom. The second kappa shape index (κ2) is 10.3. The maximum absolute atomic E-state index is 13.9. The topological polar surface area (TPSA) is 88.8 Å². The van der Waals surface area contributed by atoms with E-state index in [2.05, 4.69) is 15.4 Å². The van der Waals surface area contributed by atoms with E-state index in [1.54, 1.807) is 48.5 Å². The number of methoxy groups -OCH3 is 1. The van der Waals surface area contributed by atoms with Gasteiger partial charge in [0.1, 0.15) is 17.0 Å². The molecule has 1 aliphatic heterocycles. The highest BCUT2D eigenvalue weighted by Gasteiger charge is 2.22. The van der Waals surface area contributed by atoms with Crippen molar-refractivity contribution < 1.29 is 23.1 Å². The van der Waals surface area contributed by atoms with E-state index in [1.165, 1.54) is 19.4 Å². The van der Waals surface area contributed by atoms with Crippen molar-refractivity contribution in [2.75, 3.05) is 25.5 Å². The number of ether oxygens (including phenoxy) is 1. The third-order valence-electron chi connectivity index (χ3n) is 6.39. The summed E-state index contributed by atoms with van der Waals surface area (Å²) in [6.45, 7) is 1.50.